The van der Waals surface area contributed by atoms with E-state index in [2.05, 4.69) is 10.1 Å². The molecule has 2 heterocycles. The van der Waals surface area contributed by atoms with Crippen molar-refractivity contribution in [3.05, 3.63) is 82.4 Å². The first-order valence-corrected chi connectivity index (χ1v) is 9.66. The molecule has 158 valence electrons. The van der Waals surface area contributed by atoms with Crippen molar-refractivity contribution in [2.45, 2.75) is 6.36 Å². The van der Waals surface area contributed by atoms with E-state index in [1.807, 2.05) is 0 Å². The highest BCUT2D eigenvalue weighted by Crippen LogP contribution is 2.36. The molecule has 1 aliphatic heterocycles. The van der Waals surface area contributed by atoms with Gasteiger partial charge < -0.3 is 10.1 Å². The molecule has 0 atom stereocenters. The predicted octanol–water partition coefficient (Wildman–Crippen LogP) is 5.18. The van der Waals surface area contributed by atoms with E-state index in [1.165, 1.54) is 41.7 Å². The van der Waals surface area contributed by atoms with Crippen LogP contribution < -0.4 is 15.0 Å². The van der Waals surface area contributed by atoms with E-state index < -0.39 is 29.7 Å². The number of nitrogens with one attached hydrogen (secondary N) is 1. The quantitative estimate of drug-likeness (QED) is 0.432. The van der Waals surface area contributed by atoms with Crippen LogP contribution in [0.1, 0.15) is 4.88 Å². The van der Waals surface area contributed by atoms with Crippen molar-refractivity contribution >= 4 is 40.1 Å². The average Bonchev–Trinajstić information content (AvgIpc) is 3.28. The highest BCUT2D eigenvalue weighted by Gasteiger charge is 2.41. The Hall–Kier alpha value is -3.66. The van der Waals surface area contributed by atoms with Gasteiger partial charge in [-0.3, -0.25) is 9.59 Å². The summed E-state index contributed by atoms with van der Waals surface area (Å²) < 4.78 is 55.2. The van der Waals surface area contributed by atoms with E-state index >= 15 is 0 Å². The molecule has 31 heavy (non-hydrogen) atoms. The van der Waals surface area contributed by atoms with Crippen molar-refractivity contribution in [2.75, 3.05) is 10.2 Å². The molecule has 1 N–H and O–H groups in total. The number of nitrogens with zero attached hydrogens (tertiary/aromatic N) is 1. The highest BCUT2D eigenvalue weighted by molar-refractivity contribution is 7.11. The normalized spacial score (nSPS) is 14.4. The number of anilines is 2. The number of halogens is 4. The monoisotopic (exact) mass is 448 g/mol. The summed E-state index contributed by atoms with van der Waals surface area (Å²) in [5.74, 6) is -2.56. The molecule has 0 unspecified atom stereocenters. The zero-order valence-electron chi connectivity index (χ0n) is 15.4. The van der Waals surface area contributed by atoms with Crippen LogP contribution in [0, 0.1) is 5.82 Å². The Labute approximate surface area is 177 Å². The number of ether oxygens (including phenoxy) is 1. The molecule has 2 amide bonds. The summed E-state index contributed by atoms with van der Waals surface area (Å²) in [5.41, 5.74) is 0.0373. The lowest BCUT2D eigenvalue weighted by Crippen LogP contribution is -2.32. The first-order chi connectivity index (χ1) is 14.7. The van der Waals surface area contributed by atoms with Gasteiger partial charge in [0.25, 0.3) is 11.8 Å². The summed E-state index contributed by atoms with van der Waals surface area (Å²) in [4.78, 5) is 27.5. The number of rotatable bonds is 5. The van der Waals surface area contributed by atoms with Gasteiger partial charge in [-0.1, -0.05) is 18.2 Å². The van der Waals surface area contributed by atoms with Crippen LogP contribution in [0.4, 0.5) is 28.9 Å². The number of carbonyl (C=O) groups excluding carboxylic acids is 2. The molecule has 10 heteroatoms. The van der Waals surface area contributed by atoms with E-state index in [1.54, 1.807) is 17.5 Å². The van der Waals surface area contributed by atoms with Crippen LogP contribution in [0.15, 0.2) is 71.7 Å². The molecule has 3 aromatic rings. The maximum atomic E-state index is 13.7. The smallest absolute Gasteiger partial charge is 0.406 e. The molecule has 0 aliphatic carbocycles. The van der Waals surface area contributed by atoms with Crippen LogP contribution in [0.25, 0.3) is 5.57 Å². The molecular formula is C21H12F4N2O3S. The van der Waals surface area contributed by atoms with E-state index in [9.17, 15) is 27.2 Å². The fourth-order valence-corrected chi connectivity index (χ4v) is 3.83. The Kier molecular flexibility index (Phi) is 5.24. The number of amides is 2. The third kappa shape index (κ3) is 4.29. The second-order valence-electron chi connectivity index (χ2n) is 6.35. The number of carbonyl (C=O) groups is 2. The number of imide groups is 1. The number of thiophene rings is 1. The van der Waals surface area contributed by atoms with Crippen LogP contribution in [0.2, 0.25) is 0 Å². The fourth-order valence-electron chi connectivity index (χ4n) is 3.06. The molecule has 0 bridgehead atoms. The lowest BCUT2D eigenvalue weighted by Gasteiger charge is -2.15. The molecule has 2 aromatic carbocycles. The Morgan fingerprint density at radius 1 is 0.935 bits per heavy atom. The van der Waals surface area contributed by atoms with Crippen LogP contribution in [-0.2, 0) is 9.59 Å². The molecule has 4 rings (SSSR count). The molecule has 0 radical (unpaired) electrons. The van der Waals surface area contributed by atoms with Crippen LogP contribution in [-0.4, -0.2) is 18.2 Å². The standard InChI is InChI=1S/C21H12F4N2O3S/c22-12-4-1-6-14(10-12)27-19(28)17(16-8-3-9-31-16)18(20(27)29)26-13-5-2-7-15(11-13)30-21(23,24)25/h1-11,26H. The molecule has 1 aliphatic rings. The minimum atomic E-state index is -4.88. The molecular weight excluding hydrogens is 436 g/mol. The van der Waals surface area contributed by atoms with Crippen LogP contribution in [0.3, 0.4) is 0 Å². The summed E-state index contributed by atoms with van der Waals surface area (Å²) in [5, 5.41) is 4.44. The van der Waals surface area contributed by atoms with Crippen molar-refractivity contribution in [1.82, 2.24) is 0 Å². The number of hydrogen-bond acceptors (Lipinski definition) is 5. The van der Waals surface area contributed by atoms with Crippen LogP contribution >= 0.6 is 11.3 Å². The van der Waals surface area contributed by atoms with E-state index in [-0.39, 0.29) is 22.6 Å². The third-order valence-corrected chi connectivity index (χ3v) is 5.14. The van der Waals surface area contributed by atoms with E-state index in [0.717, 1.165) is 23.1 Å². The number of hydrogen-bond donors (Lipinski definition) is 1. The zero-order valence-corrected chi connectivity index (χ0v) is 16.3. The Bertz CT molecular complexity index is 1190. The summed E-state index contributed by atoms with van der Waals surface area (Å²) in [6.07, 6.45) is -4.88. The topological polar surface area (TPSA) is 58.6 Å². The van der Waals surface area contributed by atoms with E-state index in [4.69, 9.17) is 0 Å². The first-order valence-electron chi connectivity index (χ1n) is 8.78. The third-order valence-electron chi connectivity index (χ3n) is 4.25. The molecule has 0 fully saturated rings. The Balaban J connectivity index is 1.74. The van der Waals surface area contributed by atoms with Gasteiger partial charge in [-0.15, -0.1) is 24.5 Å². The molecule has 1 aromatic heterocycles. The fraction of sp³-hybridized carbons (Fsp3) is 0.0476. The van der Waals surface area contributed by atoms with Crippen molar-refractivity contribution < 1.29 is 31.9 Å². The van der Waals surface area contributed by atoms with Gasteiger partial charge in [0.1, 0.15) is 17.3 Å². The summed E-state index contributed by atoms with van der Waals surface area (Å²) >= 11 is 1.21. The number of benzene rings is 2. The van der Waals surface area contributed by atoms with Gasteiger partial charge in [0.05, 0.1) is 11.3 Å². The van der Waals surface area contributed by atoms with Gasteiger partial charge >= 0.3 is 6.36 Å². The Morgan fingerprint density at radius 3 is 2.39 bits per heavy atom. The van der Waals surface area contributed by atoms with Crippen molar-refractivity contribution in [3.63, 3.8) is 0 Å². The SMILES string of the molecule is O=C1C(Nc2cccc(OC(F)(F)F)c2)=C(c2cccs2)C(=O)N1c1cccc(F)c1. The largest absolute Gasteiger partial charge is 0.573 e. The predicted molar refractivity (Wildman–Crippen MR) is 107 cm³/mol. The van der Waals surface area contributed by atoms with Gasteiger partial charge in [0.2, 0.25) is 0 Å². The molecule has 0 saturated carbocycles. The minimum Gasteiger partial charge on any atom is -0.406 e. The molecule has 0 saturated heterocycles. The van der Waals surface area contributed by atoms with Crippen LogP contribution in [0.5, 0.6) is 5.75 Å². The van der Waals surface area contributed by atoms with Gasteiger partial charge in [-0.05, 0) is 41.8 Å². The zero-order chi connectivity index (χ0) is 22.2. The van der Waals surface area contributed by atoms with E-state index in [0.29, 0.717) is 4.88 Å². The first kappa shape index (κ1) is 20.6. The van der Waals surface area contributed by atoms with Crippen molar-refractivity contribution in [3.8, 4) is 5.75 Å². The highest BCUT2D eigenvalue weighted by atomic mass is 32.1. The second kappa shape index (κ2) is 7.88. The summed E-state index contributed by atoms with van der Waals surface area (Å²) in [6.45, 7) is 0. The summed E-state index contributed by atoms with van der Waals surface area (Å²) in [6, 6.07) is 13.2. The minimum absolute atomic E-state index is 0.0337. The van der Waals surface area contributed by atoms with Crippen molar-refractivity contribution in [2.24, 2.45) is 0 Å². The number of alkyl halides is 3. The lowest BCUT2D eigenvalue weighted by molar-refractivity contribution is -0.274. The Morgan fingerprint density at radius 2 is 1.71 bits per heavy atom. The molecule has 0 spiro atoms. The average molecular weight is 448 g/mol. The maximum Gasteiger partial charge on any atom is 0.573 e. The second-order valence-corrected chi connectivity index (χ2v) is 7.30. The maximum absolute atomic E-state index is 13.7. The van der Waals surface area contributed by atoms with Crippen molar-refractivity contribution in [1.29, 1.82) is 0 Å². The lowest BCUT2D eigenvalue weighted by atomic mass is 10.2. The van der Waals surface area contributed by atoms with Gasteiger partial charge in [0.15, 0.2) is 0 Å². The summed E-state index contributed by atoms with van der Waals surface area (Å²) in [7, 11) is 0. The van der Waals surface area contributed by atoms with Gasteiger partial charge in [0, 0.05) is 16.6 Å². The van der Waals surface area contributed by atoms with Gasteiger partial charge in [-0.2, -0.15) is 0 Å². The molecule has 5 nitrogen and oxygen atoms in total. The van der Waals surface area contributed by atoms with Gasteiger partial charge in [-0.25, -0.2) is 9.29 Å².